The Kier molecular flexibility index (Phi) is 4.17. The van der Waals surface area contributed by atoms with E-state index in [0.29, 0.717) is 6.79 Å². The molecule has 0 aromatic heterocycles. The number of alkyl halides is 1. The molecular weight excluding hydrogens is 353 g/mol. The molecule has 1 fully saturated rings. The van der Waals surface area contributed by atoms with Gasteiger partial charge in [0.2, 0.25) is 6.79 Å². The van der Waals surface area contributed by atoms with Crippen LogP contribution in [0.2, 0.25) is 0 Å². The molecule has 1 heterocycles. The predicted molar refractivity (Wildman–Crippen MR) is 84.1 cm³/mol. The van der Waals surface area contributed by atoms with E-state index in [4.69, 9.17) is 9.47 Å². The van der Waals surface area contributed by atoms with Gasteiger partial charge in [0.05, 0.1) is 0 Å². The van der Waals surface area contributed by atoms with Crippen LogP contribution in [-0.4, -0.2) is 28.7 Å². The molecule has 3 nitrogen and oxygen atoms in total. The third-order valence-electron chi connectivity index (χ3n) is 4.12. The van der Waals surface area contributed by atoms with Crippen LogP contribution in [0.15, 0.2) is 18.2 Å². The lowest BCUT2D eigenvalue weighted by Gasteiger charge is -2.33. The molecule has 1 aliphatic heterocycles. The van der Waals surface area contributed by atoms with Gasteiger partial charge in [-0.3, -0.25) is 4.90 Å². The summed E-state index contributed by atoms with van der Waals surface area (Å²) in [6.45, 7) is 1.35. The maximum atomic E-state index is 5.44. The topological polar surface area (TPSA) is 21.7 Å². The van der Waals surface area contributed by atoms with Gasteiger partial charge < -0.3 is 9.47 Å². The first kappa shape index (κ1) is 13.5. The monoisotopic (exact) mass is 373 g/mol. The molecule has 2 aliphatic rings. The predicted octanol–water partition coefficient (Wildman–Crippen LogP) is 3.59. The van der Waals surface area contributed by atoms with Crippen molar-refractivity contribution in [2.45, 2.75) is 42.2 Å². The van der Waals surface area contributed by atoms with Crippen LogP contribution in [0.3, 0.4) is 0 Å². The van der Waals surface area contributed by atoms with Gasteiger partial charge in [0, 0.05) is 16.5 Å². The highest BCUT2D eigenvalue weighted by atomic mass is 127. The summed E-state index contributed by atoms with van der Waals surface area (Å²) in [4.78, 5) is 2.49. The lowest BCUT2D eigenvalue weighted by Crippen LogP contribution is -2.34. The molecule has 0 unspecified atom stereocenters. The van der Waals surface area contributed by atoms with Gasteiger partial charge in [0.25, 0.3) is 0 Å². The van der Waals surface area contributed by atoms with Crippen molar-refractivity contribution in [1.29, 1.82) is 0 Å². The fourth-order valence-electron chi connectivity index (χ4n) is 2.93. The van der Waals surface area contributed by atoms with Crippen molar-refractivity contribution in [3.8, 4) is 11.5 Å². The number of ether oxygens (including phenoxy) is 2. The minimum atomic E-state index is 0.355. The number of rotatable bonds is 3. The molecule has 0 spiro atoms. The second kappa shape index (κ2) is 5.87. The van der Waals surface area contributed by atoms with Crippen molar-refractivity contribution in [1.82, 2.24) is 4.90 Å². The number of hydrogen-bond donors (Lipinski definition) is 0. The highest BCUT2D eigenvalue weighted by Crippen LogP contribution is 2.33. The summed E-state index contributed by atoms with van der Waals surface area (Å²) in [6, 6.07) is 7.01. The Hall–Kier alpha value is -0.490. The lowest BCUT2D eigenvalue weighted by atomic mass is 9.94. The molecule has 0 radical (unpaired) electrons. The van der Waals surface area contributed by atoms with Crippen LogP contribution in [0, 0.1) is 0 Å². The molecule has 0 saturated heterocycles. The number of halogens is 1. The molecular formula is C15H20INO2. The van der Waals surface area contributed by atoms with E-state index in [9.17, 15) is 0 Å². The van der Waals surface area contributed by atoms with Gasteiger partial charge in [0.1, 0.15) is 0 Å². The Morgan fingerprint density at radius 1 is 1.16 bits per heavy atom. The highest BCUT2D eigenvalue weighted by Gasteiger charge is 2.23. The Labute approximate surface area is 128 Å². The Morgan fingerprint density at radius 2 is 1.89 bits per heavy atom. The number of hydrogen-bond acceptors (Lipinski definition) is 3. The van der Waals surface area contributed by atoms with E-state index in [0.717, 1.165) is 28.0 Å². The van der Waals surface area contributed by atoms with Gasteiger partial charge >= 0.3 is 0 Å². The highest BCUT2D eigenvalue weighted by molar-refractivity contribution is 14.1. The van der Waals surface area contributed by atoms with Crippen LogP contribution in [0.25, 0.3) is 0 Å². The van der Waals surface area contributed by atoms with E-state index in [1.165, 1.54) is 31.2 Å². The van der Waals surface area contributed by atoms with Gasteiger partial charge in [-0.05, 0) is 50.4 Å². The van der Waals surface area contributed by atoms with Crippen LogP contribution in [0.1, 0.15) is 31.2 Å². The van der Waals surface area contributed by atoms with Crippen molar-refractivity contribution in [2.24, 2.45) is 0 Å². The summed E-state index contributed by atoms with van der Waals surface area (Å²) in [5.41, 5.74) is 1.31. The van der Waals surface area contributed by atoms with E-state index < -0.39 is 0 Å². The van der Waals surface area contributed by atoms with Crippen molar-refractivity contribution in [3.63, 3.8) is 0 Å². The first-order valence-electron chi connectivity index (χ1n) is 6.95. The summed E-state index contributed by atoms with van der Waals surface area (Å²) < 4.78 is 11.7. The molecule has 0 amide bonds. The van der Waals surface area contributed by atoms with Gasteiger partial charge in [-0.15, -0.1) is 0 Å². The lowest BCUT2D eigenvalue weighted by molar-refractivity contribution is 0.173. The molecule has 0 bridgehead atoms. The molecule has 0 atom stereocenters. The maximum Gasteiger partial charge on any atom is 0.231 e. The Morgan fingerprint density at radius 3 is 2.68 bits per heavy atom. The summed E-state index contributed by atoms with van der Waals surface area (Å²) in [7, 11) is 2.24. The molecule has 104 valence electrons. The first-order valence-corrected chi connectivity index (χ1v) is 8.20. The van der Waals surface area contributed by atoms with Crippen LogP contribution < -0.4 is 9.47 Å². The maximum absolute atomic E-state index is 5.44. The smallest absolute Gasteiger partial charge is 0.231 e. The van der Waals surface area contributed by atoms with E-state index in [1.807, 2.05) is 6.07 Å². The third-order valence-corrected chi connectivity index (χ3v) is 5.36. The van der Waals surface area contributed by atoms with Crippen LogP contribution >= 0.6 is 22.6 Å². The zero-order valence-electron chi connectivity index (χ0n) is 11.3. The molecule has 19 heavy (non-hydrogen) atoms. The second-order valence-corrected chi connectivity index (χ2v) is 7.27. The van der Waals surface area contributed by atoms with Gasteiger partial charge in [-0.1, -0.05) is 28.7 Å². The zero-order valence-corrected chi connectivity index (χ0v) is 13.4. The standard InChI is InChI=1S/C15H20INO2/c1-17(13-5-3-12(16)4-6-13)9-11-2-7-14-15(8-11)19-10-18-14/h2,7-8,12-13H,3-6,9-10H2,1H3/t12-,13+. The molecule has 1 saturated carbocycles. The number of benzene rings is 1. The molecule has 3 rings (SSSR count). The van der Waals surface area contributed by atoms with E-state index in [2.05, 4.69) is 46.7 Å². The zero-order chi connectivity index (χ0) is 13.2. The molecule has 4 heteroatoms. The Balaban J connectivity index is 1.61. The fraction of sp³-hybridized carbons (Fsp3) is 0.600. The van der Waals surface area contributed by atoms with E-state index >= 15 is 0 Å². The SMILES string of the molecule is CN(Cc1ccc2c(c1)OCO2)[C@H]1CC[C@@H](I)CC1. The van der Waals surface area contributed by atoms with Crippen molar-refractivity contribution in [2.75, 3.05) is 13.8 Å². The number of nitrogens with zero attached hydrogens (tertiary/aromatic N) is 1. The largest absolute Gasteiger partial charge is 0.454 e. The quantitative estimate of drug-likeness (QED) is 0.597. The van der Waals surface area contributed by atoms with Crippen molar-refractivity contribution >= 4 is 22.6 Å². The molecule has 1 aliphatic carbocycles. The van der Waals surface area contributed by atoms with Crippen LogP contribution in [-0.2, 0) is 6.54 Å². The van der Waals surface area contributed by atoms with E-state index in [-0.39, 0.29) is 0 Å². The van der Waals surface area contributed by atoms with Crippen LogP contribution in [0.4, 0.5) is 0 Å². The summed E-state index contributed by atoms with van der Waals surface area (Å²) in [5.74, 6) is 1.76. The molecule has 0 N–H and O–H groups in total. The first-order chi connectivity index (χ1) is 9.22. The molecule has 1 aromatic carbocycles. The van der Waals surface area contributed by atoms with E-state index in [1.54, 1.807) is 0 Å². The third kappa shape index (κ3) is 3.16. The fourth-order valence-corrected chi connectivity index (χ4v) is 3.65. The minimum Gasteiger partial charge on any atom is -0.454 e. The van der Waals surface area contributed by atoms with Gasteiger partial charge in [-0.25, -0.2) is 0 Å². The normalized spacial score (nSPS) is 25.8. The Bertz CT molecular complexity index is 444. The summed E-state index contributed by atoms with van der Waals surface area (Å²) >= 11 is 2.58. The average Bonchev–Trinajstić information content (AvgIpc) is 2.87. The molecule has 1 aromatic rings. The minimum absolute atomic E-state index is 0.355. The summed E-state index contributed by atoms with van der Waals surface area (Å²) in [5, 5.41) is 0. The van der Waals surface area contributed by atoms with Crippen molar-refractivity contribution < 1.29 is 9.47 Å². The van der Waals surface area contributed by atoms with Gasteiger partial charge in [0.15, 0.2) is 11.5 Å². The average molecular weight is 373 g/mol. The van der Waals surface area contributed by atoms with Crippen molar-refractivity contribution in [3.05, 3.63) is 23.8 Å². The second-order valence-electron chi connectivity index (χ2n) is 5.51. The summed E-state index contributed by atoms with van der Waals surface area (Å²) in [6.07, 6.45) is 5.37. The van der Waals surface area contributed by atoms with Crippen LogP contribution in [0.5, 0.6) is 11.5 Å². The van der Waals surface area contributed by atoms with Gasteiger partial charge in [-0.2, -0.15) is 0 Å². The number of fused-ring (bicyclic) bond motifs is 1.